The third kappa shape index (κ3) is 6.80. The average Bonchev–Trinajstić information content (AvgIpc) is 3.20. The molecule has 0 saturated heterocycles. The molecule has 0 radical (unpaired) electrons. The summed E-state index contributed by atoms with van der Waals surface area (Å²) in [6.07, 6.45) is 1.35. The molecule has 154 valence electrons. The van der Waals surface area contributed by atoms with Gasteiger partial charge in [0.25, 0.3) is 11.8 Å². The molecule has 2 aromatic rings. The van der Waals surface area contributed by atoms with Crippen LogP contribution in [0.5, 0.6) is 0 Å². The molecule has 0 aliphatic heterocycles. The van der Waals surface area contributed by atoms with Crippen LogP contribution in [0.15, 0.2) is 47.1 Å². The van der Waals surface area contributed by atoms with Gasteiger partial charge in [0.15, 0.2) is 12.4 Å². The summed E-state index contributed by atoms with van der Waals surface area (Å²) < 4.78 is 10.0. The second-order valence-corrected chi connectivity index (χ2v) is 6.59. The number of ether oxygens (including phenoxy) is 1. The lowest BCUT2D eigenvalue weighted by Gasteiger charge is -2.20. The zero-order chi connectivity index (χ0) is 21.4. The van der Waals surface area contributed by atoms with Crippen LogP contribution in [-0.2, 0) is 19.1 Å². The quantitative estimate of drug-likeness (QED) is 0.582. The standard InChI is InChI=1S/C20H23N3O6/c1-12(2)18(23-19(26)16-5-4-10-28-16)20(27)29-11-17(25)22-15-8-6-14(7-9-15)21-13(3)24/h4-10,12,18H,11H2,1-3H3,(H,21,24)(H,22,25)(H,23,26). The molecule has 1 heterocycles. The number of amides is 3. The van der Waals surface area contributed by atoms with Crippen molar-refractivity contribution in [3.05, 3.63) is 48.4 Å². The Bertz CT molecular complexity index is 859. The summed E-state index contributed by atoms with van der Waals surface area (Å²) in [4.78, 5) is 47.4. The smallest absolute Gasteiger partial charge is 0.329 e. The molecule has 3 N–H and O–H groups in total. The summed E-state index contributed by atoms with van der Waals surface area (Å²) in [5.74, 6) is -2.20. The molecule has 1 aromatic carbocycles. The van der Waals surface area contributed by atoms with E-state index in [9.17, 15) is 19.2 Å². The number of carbonyl (C=O) groups excluding carboxylic acids is 4. The third-order valence-electron chi connectivity index (χ3n) is 3.79. The Kier molecular flexibility index (Phi) is 7.53. The number of carbonyl (C=O) groups is 4. The minimum absolute atomic E-state index is 0.0731. The van der Waals surface area contributed by atoms with Gasteiger partial charge in [-0.1, -0.05) is 13.8 Å². The first-order valence-electron chi connectivity index (χ1n) is 8.94. The number of rotatable bonds is 8. The maximum Gasteiger partial charge on any atom is 0.329 e. The fraction of sp³-hybridized carbons (Fsp3) is 0.300. The van der Waals surface area contributed by atoms with Crippen molar-refractivity contribution in [1.82, 2.24) is 5.32 Å². The van der Waals surface area contributed by atoms with Gasteiger partial charge in [-0.2, -0.15) is 0 Å². The number of furan rings is 1. The van der Waals surface area contributed by atoms with Gasteiger partial charge in [0.2, 0.25) is 5.91 Å². The van der Waals surface area contributed by atoms with E-state index >= 15 is 0 Å². The average molecular weight is 401 g/mol. The van der Waals surface area contributed by atoms with Crippen LogP contribution >= 0.6 is 0 Å². The first-order valence-corrected chi connectivity index (χ1v) is 8.94. The molecule has 29 heavy (non-hydrogen) atoms. The number of anilines is 2. The predicted molar refractivity (Wildman–Crippen MR) is 105 cm³/mol. The highest BCUT2D eigenvalue weighted by atomic mass is 16.5. The molecule has 1 atom stereocenters. The van der Waals surface area contributed by atoms with Crippen molar-refractivity contribution in [3.8, 4) is 0 Å². The van der Waals surface area contributed by atoms with Gasteiger partial charge in [-0.15, -0.1) is 0 Å². The summed E-state index contributed by atoms with van der Waals surface area (Å²) in [6.45, 7) is 4.37. The summed E-state index contributed by atoms with van der Waals surface area (Å²) in [6, 6.07) is 8.56. The van der Waals surface area contributed by atoms with Crippen molar-refractivity contribution in [3.63, 3.8) is 0 Å². The second kappa shape index (κ2) is 10.1. The Labute approximate surface area is 167 Å². The molecule has 9 nitrogen and oxygen atoms in total. The minimum atomic E-state index is -0.933. The van der Waals surface area contributed by atoms with Crippen LogP contribution in [0, 0.1) is 5.92 Å². The van der Waals surface area contributed by atoms with Crippen molar-refractivity contribution < 1.29 is 28.3 Å². The maximum absolute atomic E-state index is 12.3. The van der Waals surface area contributed by atoms with E-state index in [1.165, 1.54) is 19.3 Å². The first-order chi connectivity index (χ1) is 13.8. The van der Waals surface area contributed by atoms with Crippen LogP contribution in [0.4, 0.5) is 11.4 Å². The van der Waals surface area contributed by atoms with E-state index in [-0.39, 0.29) is 17.6 Å². The lowest BCUT2D eigenvalue weighted by molar-refractivity contribution is -0.150. The topological polar surface area (TPSA) is 127 Å². The Balaban J connectivity index is 1.86. The van der Waals surface area contributed by atoms with Crippen LogP contribution in [0.3, 0.4) is 0 Å². The normalized spacial score (nSPS) is 11.4. The fourth-order valence-corrected chi connectivity index (χ4v) is 2.38. The summed E-state index contributed by atoms with van der Waals surface area (Å²) >= 11 is 0. The molecular weight excluding hydrogens is 378 g/mol. The van der Waals surface area contributed by atoms with E-state index in [4.69, 9.17) is 9.15 Å². The fourth-order valence-electron chi connectivity index (χ4n) is 2.38. The van der Waals surface area contributed by atoms with Gasteiger partial charge < -0.3 is 25.1 Å². The van der Waals surface area contributed by atoms with Crippen LogP contribution in [-0.4, -0.2) is 36.3 Å². The molecule has 1 unspecified atom stereocenters. The molecule has 1 aromatic heterocycles. The summed E-state index contributed by atoms with van der Waals surface area (Å²) in [5.41, 5.74) is 1.07. The van der Waals surface area contributed by atoms with Crippen molar-refractivity contribution in [2.24, 2.45) is 5.92 Å². The molecule has 0 fully saturated rings. The lowest BCUT2D eigenvalue weighted by atomic mass is 10.0. The number of nitrogens with one attached hydrogen (secondary N) is 3. The molecule has 0 saturated carbocycles. The van der Waals surface area contributed by atoms with Gasteiger partial charge in [-0.05, 0) is 42.3 Å². The van der Waals surface area contributed by atoms with Gasteiger partial charge in [-0.3, -0.25) is 14.4 Å². The molecule has 0 aliphatic carbocycles. The van der Waals surface area contributed by atoms with E-state index in [0.29, 0.717) is 11.4 Å². The highest BCUT2D eigenvalue weighted by molar-refractivity contribution is 5.96. The molecule has 0 spiro atoms. The van der Waals surface area contributed by atoms with Crippen LogP contribution in [0.2, 0.25) is 0 Å². The molecule has 0 bridgehead atoms. The number of hydrogen-bond donors (Lipinski definition) is 3. The van der Waals surface area contributed by atoms with Crippen LogP contribution in [0.1, 0.15) is 31.3 Å². The van der Waals surface area contributed by atoms with Crippen molar-refractivity contribution in [2.45, 2.75) is 26.8 Å². The zero-order valence-electron chi connectivity index (χ0n) is 16.4. The van der Waals surface area contributed by atoms with Crippen molar-refractivity contribution in [2.75, 3.05) is 17.2 Å². The summed E-state index contributed by atoms with van der Waals surface area (Å²) in [5, 5.41) is 7.73. The highest BCUT2D eigenvalue weighted by Gasteiger charge is 2.27. The summed E-state index contributed by atoms with van der Waals surface area (Å²) in [7, 11) is 0. The largest absolute Gasteiger partial charge is 0.459 e. The number of esters is 1. The van der Waals surface area contributed by atoms with E-state index < -0.39 is 30.4 Å². The molecule has 0 aliphatic rings. The molecule has 9 heteroatoms. The number of hydrogen-bond acceptors (Lipinski definition) is 6. The SMILES string of the molecule is CC(=O)Nc1ccc(NC(=O)COC(=O)C(NC(=O)c2ccco2)C(C)C)cc1. The lowest BCUT2D eigenvalue weighted by Crippen LogP contribution is -2.45. The molecular formula is C20H23N3O6. The Morgan fingerprint density at radius 2 is 1.62 bits per heavy atom. The van der Waals surface area contributed by atoms with Crippen molar-refractivity contribution >= 4 is 35.1 Å². The Hall–Kier alpha value is -3.62. The monoisotopic (exact) mass is 401 g/mol. The first kappa shape index (κ1) is 21.7. The van der Waals surface area contributed by atoms with Gasteiger partial charge in [0.05, 0.1) is 6.26 Å². The van der Waals surface area contributed by atoms with Gasteiger partial charge >= 0.3 is 5.97 Å². The van der Waals surface area contributed by atoms with E-state index in [1.54, 1.807) is 44.2 Å². The van der Waals surface area contributed by atoms with Crippen molar-refractivity contribution in [1.29, 1.82) is 0 Å². The highest BCUT2D eigenvalue weighted by Crippen LogP contribution is 2.13. The van der Waals surface area contributed by atoms with Gasteiger partial charge in [-0.25, -0.2) is 4.79 Å². The van der Waals surface area contributed by atoms with E-state index in [1.807, 2.05) is 0 Å². The minimum Gasteiger partial charge on any atom is -0.459 e. The van der Waals surface area contributed by atoms with Gasteiger partial charge in [0.1, 0.15) is 6.04 Å². The van der Waals surface area contributed by atoms with Crippen LogP contribution in [0.25, 0.3) is 0 Å². The van der Waals surface area contributed by atoms with E-state index in [2.05, 4.69) is 16.0 Å². The zero-order valence-corrected chi connectivity index (χ0v) is 16.4. The number of benzene rings is 1. The van der Waals surface area contributed by atoms with E-state index in [0.717, 1.165) is 0 Å². The maximum atomic E-state index is 12.3. The molecule has 3 amide bonds. The Morgan fingerprint density at radius 3 is 2.14 bits per heavy atom. The van der Waals surface area contributed by atoms with Gasteiger partial charge in [0, 0.05) is 18.3 Å². The predicted octanol–water partition coefficient (Wildman–Crippen LogP) is 2.17. The second-order valence-electron chi connectivity index (χ2n) is 6.59. The van der Waals surface area contributed by atoms with Crippen LogP contribution < -0.4 is 16.0 Å². The Morgan fingerprint density at radius 1 is 1.00 bits per heavy atom. The molecule has 2 rings (SSSR count). The third-order valence-corrected chi connectivity index (χ3v) is 3.79.